The van der Waals surface area contributed by atoms with Gasteiger partial charge in [0.15, 0.2) is 5.01 Å². The zero-order valence-corrected chi connectivity index (χ0v) is 13.4. The molecule has 1 heterocycles. The number of anilines is 1. The van der Waals surface area contributed by atoms with Gasteiger partial charge >= 0.3 is 0 Å². The van der Waals surface area contributed by atoms with Crippen LogP contribution in [-0.4, -0.2) is 16.1 Å². The predicted molar refractivity (Wildman–Crippen MR) is 89.8 cm³/mol. The summed E-state index contributed by atoms with van der Waals surface area (Å²) in [4.78, 5) is 12.1. The summed E-state index contributed by atoms with van der Waals surface area (Å²) in [7, 11) is 0. The largest absolute Gasteiger partial charge is 0.296 e. The highest BCUT2D eigenvalue weighted by atomic mass is 35.5. The van der Waals surface area contributed by atoms with Gasteiger partial charge in [-0.05, 0) is 30.3 Å². The van der Waals surface area contributed by atoms with Crippen molar-refractivity contribution in [2.75, 3.05) is 5.32 Å². The summed E-state index contributed by atoms with van der Waals surface area (Å²) in [6, 6.07) is 14.0. The zero-order chi connectivity index (χ0) is 15.5. The van der Waals surface area contributed by atoms with Crippen molar-refractivity contribution in [3.63, 3.8) is 0 Å². The third-order valence-electron chi connectivity index (χ3n) is 2.84. The van der Waals surface area contributed by atoms with Crippen LogP contribution in [0.15, 0.2) is 48.5 Å². The molecule has 0 aliphatic rings. The summed E-state index contributed by atoms with van der Waals surface area (Å²) in [5.74, 6) is -0.231. The van der Waals surface area contributed by atoms with E-state index in [1.54, 1.807) is 42.5 Å². The molecule has 1 amide bonds. The Morgan fingerprint density at radius 3 is 2.55 bits per heavy atom. The Kier molecular flexibility index (Phi) is 4.38. The zero-order valence-electron chi connectivity index (χ0n) is 11.1. The Morgan fingerprint density at radius 1 is 1.05 bits per heavy atom. The molecule has 0 aliphatic heterocycles. The van der Waals surface area contributed by atoms with Crippen LogP contribution in [0.3, 0.4) is 0 Å². The molecule has 0 bridgehead atoms. The Hall–Kier alpha value is -1.95. The molecule has 1 aromatic heterocycles. The van der Waals surface area contributed by atoms with Crippen LogP contribution in [0, 0.1) is 0 Å². The number of rotatable bonds is 3. The molecular weight excluding hydrogens is 341 g/mol. The van der Waals surface area contributed by atoms with Gasteiger partial charge in [0.05, 0.1) is 5.02 Å². The monoisotopic (exact) mass is 349 g/mol. The summed E-state index contributed by atoms with van der Waals surface area (Å²) in [5.41, 5.74) is 1.28. The van der Waals surface area contributed by atoms with Crippen LogP contribution in [-0.2, 0) is 0 Å². The van der Waals surface area contributed by atoms with Crippen molar-refractivity contribution in [2.45, 2.75) is 0 Å². The van der Waals surface area contributed by atoms with E-state index in [1.165, 1.54) is 11.3 Å². The maximum absolute atomic E-state index is 12.1. The molecule has 0 aliphatic carbocycles. The number of benzene rings is 2. The quantitative estimate of drug-likeness (QED) is 0.741. The molecule has 110 valence electrons. The fraction of sp³-hybridized carbons (Fsp3) is 0. The number of hydrogen-bond acceptors (Lipinski definition) is 4. The topological polar surface area (TPSA) is 54.9 Å². The van der Waals surface area contributed by atoms with Crippen molar-refractivity contribution >= 4 is 45.6 Å². The molecule has 0 spiro atoms. The summed E-state index contributed by atoms with van der Waals surface area (Å²) in [6.07, 6.45) is 0. The van der Waals surface area contributed by atoms with E-state index in [1.807, 2.05) is 6.07 Å². The standard InChI is InChI=1S/C15H9Cl2N3OS/c16-10-6-7-11(12(17)8-10)14-19-20-15(22-14)18-13(21)9-4-2-1-3-5-9/h1-8H,(H,18,20,21). The highest BCUT2D eigenvalue weighted by Gasteiger charge is 2.13. The van der Waals surface area contributed by atoms with E-state index >= 15 is 0 Å². The molecular formula is C15H9Cl2N3OS. The first-order valence-corrected chi connectivity index (χ1v) is 7.86. The Bertz CT molecular complexity index is 821. The third-order valence-corrected chi connectivity index (χ3v) is 4.26. The van der Waals surface area contributed by atoms with Gasteiger partial charge in [0.2, 0.25) is 5.13 Å². The van der Waals surface area contributed by atoms with Crippen molar-refractivity contribution in [2.24, 2.45) is 0 Å². The number of hydrogen-bond donors (Lipinski definition) is 1. The molecule has 3 rings (SSSR count). The van der Waals surface area contributed by atoms with E-state index < -0.39 is 0 Å². The van der Waals surface area contributed by atoms with E-state index in [-0.39, 0.29) is 5.91 Å². The molecule has 0 saturated carbocycles. The van der Waals surface area contributed by atoms with E-state index in [9.17, 15) is 4.79 Å². The molecule has 4 nitrogen and oxygen atoms in total. The van der Waals surface area contributed by atoms with Crippen LogP contribution in [0.5, 0.6) is 0 Å². The number of aromatic nitrogens is 2. The van der Waals surface area contributed by atoms with Gasteiger partial charge in [-0.1, -0.05) is 52.7 Å². The van der Waals surface area contributed by atoms with E-state index in [0.717, 1.165) is 5.56 Å². The molecule has 0 unspecified atom stereocenters. The van der Waals surface area contributed by atoms with Crippen molar-refractivity contribution in [3.8, 4) is 10.6 Å². The minimum Gasteiger partial charge on any atom is -0.296 e. The Labute approximate surface area is 140 Å². The van der Waals surface area contributed by atoms with Crippen LogP contribution >= 0.6 is 34.5 Å². The lowest BCUT2D eigenvalue weighted by Gasteiger charge is -2.00. The number of halogens is 2. The minimum absolute atomic E-state index is 0.231. The number of nitrogens with one attached hydrogen (secondary N) is 1. The second-order valence-electron chi connectivity index (χ2n) is 4.36. The van der Waals surface area contributed by atoms with Crippen molar-refractivity contribution in [3.05, 3.63) is 64.1 Å². The number of carbonyl (C=O) groups is 1. The van der Waals surface area contributed by atoms with Gasteiger partial charge in [-0.15, -0.1) is 10.2 Å². The summed E-state index contributed by atoms with van der Waals surface area (Å²) >= 11 is 13.3. The maximum Gasteiger partial charge on any atom is 0.257 e. The Balaban J connectivity index is 1.81. The average Bonchev–Trinajstić information content (AvgIpc) is 2.96. The van der Waals surface area contributed by atoms with Crippen molar-refractivity contribution < 1.29 is 4.79 Å². The molecule has 0 saturated heterocycles. The number of nitrogens with zero attached hydrogens (tertiary/aromatic N) is 2. The SMILES string of the molecule is O=C(Nc1nnc(-c2ccc(Cl)cc2Cl)s1)c1ccccc1. The van der Waals surface area contributed by atoms with Gasteiger partial charge in [0.1, 0.15) is 0 Å². The van der Waals surface area contributed by atoms with E-state index in [0.29, 0.717) is 25.7 Å². The summed E-state index contributed by atoms with van der Waals surface area (Å²) < 4.78 is 0. The highest BCUT2D eigenvalue weighted by molar-refractivity contribution is 7.18. The van der Waals surface area contributed by atoms with Gasteiger partial charge in [-0.25, -0.2) is 0 Å². The first kappa shape index (κ1) is 15.0. The maximum atomic E-state index is 12.1. The average molecular weight is 350 g/mol. The van der Waals surface area contributed by atoms with Crippen LogP contribution < -0.4 is 5.32 Å². The van der Waals surface area contributed by atoms with Crippen LogP contribution in [0.2, 0.25) is 10.0 Å². The van der Waals surface area contributed by atoms with Gasteiger partial charge in [-0.2, -0.15) is 0 Å². The first-order chi connectivity index (χ1) is 10.6. The molecule has 2 aromatic carbocycles. The number of amides is 1. The molecule has 0 fully saturated rings. The molecule has 7 heteroatoms. The lowest BCUT2D eigenvalue weighted by molar-refractivity contribution is 0.102. The molecule has 0 radical (unpaired) electrons. The fourth-order valence-electron chi connectivity index (χ4n) is 1.80. The highest BCUT2D eigenvalue weighted by Crippen LogP contribution is 2.33. The van der Waals surface area contributed by atoms with Crippen LogP contribution in [0.4, 0.5) is 5.13 Å². The van der Waals surface area contributed by atoms with Gasteiger partial charge in [-0.3, -0.25) is 10.1 Å². The molecule has 0 atom stereocenters. The van der Waals surface area contributed by atoms with Crippen LogP contribution in [0.1, 0.15) is 10.4 Å². The fourth-order valence-corrected chi connectivity index (χ4v) is 3.14. The first-order valence-electron chi connectivity index (χ1n) is 6.29. The van der Waals surface area contributed by atoms with E-state index in [4.69, 9.17) is 23.2 Å². The molecule has 3 aromatic rings. The lowest BCUT2D eigenvalue weighted by atomic mass is 10.2. The van der Waals surface area contributed by atoms with Crippen molar-refractivity contribution in [1.29, 1.82) is 0 Å². The third kappa shape index (κ3) is 3.27. The molecule has 1 N–H and O–H groups in total. The summed E-state index contributed by atoms with van der Waals surface area (Å²) in [5, 5.41) is 12.8. The normalized spacial score (nSPS) is 10.5. The minimum atomic E-state index is -0.231. The van der Waals surface area contributed by atoms with Crippen LogP contribution in [0.25, 0.3) is 10.6 Å². The second kappa shape index (κ2) is 6.44. The number of carbonyl (C=O) groups excluding carboxylic acids is 1. The smallest absolute Gasteiger partial charge is 0.257 e. The van der Waals surface area contributed by atoms with E-state index in [2.05, 4.69) is 15.5 Å². The second-order valence-corrected chi connectivity index (χ2v) is 6.18. The summed E-state index contributed by atoms with van der Waals surface area (Å²) in [6.45, 7) is 0. The Morgan fingerprint density at radius 2 is 1.82 bits per heavy atom. The predicted octanol–water partition coefficient (Wildman–Crippen LogP) is 4.76. The van der Waals surface area contributed by atoms with Gasteiger partial charge in [0.25, 0.3) is 5.91 Å². The lowest BCUT2D eigenvalue weighted by Crippen LogP contribution is -2.11. The van der Waals surface area contributed by atoms with Gasteiger partial charge in [0, 0.05) is 16.1 Å². The van der Waals surface area contributed by atoms with Gasteiger partial charge < -0.3 is 0 Å². The molecule has 22 heavy (non-hydrogen) atoms. The van der Waals surface area contributed by atoms with Crippen molar-refractivity contribution in [1.82, 2.24) is 10.2 Å².